The number of urea groups is 1. The number of halogens is 3. The van der Waals surface area contributed by atoms with Crippen LogP contribution in [-0.4, -0.2) is 37.1 Å². The predicted molar refractivity (Wildman–Crippen MR) is 120 cm³/mol. The van der Waals surface area contributed by atoms with E-state index in [2.05, 4.69) is 25.9 Å². The number of aromatic nitrogens is 4. The standard InChI is InChI=1S/C23H17F3N6O4/c24-23(25,26)15-3-6-20(32-10-9-29-31-32)18(11-15)30-22(35)28-13-14-1-4-16(5-2-14)36-17-7-8-27-19(12-17)21(33)34/h1-12H,13H2,(H,33,34)(H2,28,30,35). The van der Waals surface area contributed by atoms with Crippen LogP contribution in [0.5, 0.6) is 11.5 Å². The number of pyridine rings is 1. The highest BCUT2D eigenvalue weighted by Crippen LogP contribution is 2.33. The molecule has 0 aliphatic rings. The van der Waals surface area contributed by atoms with Gasteiger partial charge in [0.1, 0.15) is 11.5 Å². The van der Waals surface area contributed by atoms with Crippen molar-refractivity contribution in [3.63, 3.8) is 0 Å². The fourth-order valence-electron chi connectivity index (χ4n) is 3.10. The van der Waals surface area contributed by atoms with Gasteiger partial charge in [-0.1, -0.05) is 17.3 Å². The number of ether oxygens (including phenoxy) is 1. The normalized spacial score (nSPS) is 11.1. The first-order valence-corrected chi connectivity index (χ1v) is 10.3. The van der Waals surface area contributed by atoms with Crippen LogP contribution in [0.1, 0.15) is 21.6 Å². The lowest BCUT2D eigenvalue weighted by Gasteiger charge is -2.15. The summed E-state index contributed by atoms with van der Waals surface area (Å²) in [7, 11) is 0. The molecule has 2 heterocycles. The number of alkyl halides is 3. The number of hydrogen-bond donors (Lipinski definition) is 3. The van der Waals surface area contributed by atoms with Crippen molar-refractivity contribution in [3.05, 3.63) is 90.0 Å². The quantitative estimate of drug-likeness (QED) is 0.342. The molecule has 0 atom stereocenters. The number of carboxylic acid groups (broad SMARTS) is 1. The first kappa shape index (κ1) is 24.2. The summed E-state index contributed by atoms with van der Waals surface area (Å²) >= 11 is 0. The summed E-state index contributed by atoms with van der Waals surface area (Å²) in [6, 6.07) is 11.5. The van der Waals surface area contributed by atoms with Gasteiger partial charge >= 0.3 is 18.2 Å². The molecular formula is C23H17F3N6O4. The average molecular weight is 498 g/mol. The van der Waals surface area contributed by atoms with Crippen LogP contribution in [0.25, 0.3) is 5.69 Å². The van der Waals surface area contributed by atoms with Crippen molar-refractivity contribution >= 4 is 17.7 Å². The lowest BCUT2D eigenvalue weighted by Crippen LogP contribution is -2.29. The molecule has 0 fully saturated rings. The van der Waals surface area contributed by atoms with E-state index >= 15 is 0 Å². The predicted octanol–water partition coefficient (Wildman–Crippen LogP) is 4.49. The summed E-state index contributed by atoms with van der Waals surface area (Å²) in [5.41, 5.74) is -0.304. The second-order valence-electron chi connectivity index (χ2n) is 7.31. The molecule has 0 aliphatic carbocycles. The average Bonchev–Trinajstić information content (AvgIpc) is 3.38. The van der Waals surface area contributed by atoms with Gasteiger partial charge in [0.05, 0.1) is 29.3 Å². The zero-order chi connectivity index (χ0) is 25.7. The number of carboxylic acids is 1. The molecule has 0 aliphatic heterocycles. The molecule has 13 heteroatoms. The Labute approximate surface area is 201 Å². The van der Waals surface area contributed by atoms with Gasteiger partial charge in [-0.3, -0.25) is 0 Å². The van der Waals surface area contributed by atoms with Crippen molar-refractivity contribution in [2.24, 2.45) is 0 Å². The molecule has 3 N–H and O–H groups in total. The minimum atomic E-state index is -4.59. The molecule has 4 aromatic rings. The Morgan fingerprint density at radius 1 is 1.00 bits per heavy atom. The van der Waals surface area contributed by atoms with Crippen LogP contribution >= 0.6 is 0 Å². The fourth-order valence-corrected chi connectivity index (χ4v) is 3.10. The molecule has 10 nitrogen and oxygen atoms in total. The third kappa shape index (κ3) is 5.94. The van der Waals surface area contributed by atoms with Crippen molar-refractivity contribution in [2.75, 3.05) is 5.32 Å². The molecule has 184 valence electrons. The van der Waals surface area contributed by atoms with Crippen LogP contribution in [0.2, 0.25) is 0 Å². The number of nitrogens with zero attached hydrogens (tertiary/aromatic N) is 4. The van der Waals surface area contributed by atoms with Crippen LogP contribution < -0.4 is 15.4 Å². The highest BCUT2D eigenvalue weighted by Gasteiger charge is 2.31. The molecule has 0 bridgehead atoms. The molecule has 0 radical (unpaired) electrons. The zero-order valence-corrected chi connectivity index (χ0v) is 18.2. The summed E-state index contributed by atoms with van der Waals surface area (Å²) in [6.45, 7) is 0.0716. The highest BCUT2D eigenvalue weighted by atomic mass is 19.4. The number of nitrogens with one attached hydrogen (secondary N) is 2. The lowest BCUT2D eigenvalue weighted by molar-refractivity contribution is -0.137. The number of anilines is 1. The maximum absolute atomic E-state index is 13.2. The SMILES string of the molecule is O=C(NCc1ccc(Oc2ccnc(C(=O)O)c2)cc1)Nc1cc(C(F)(F)F)ccc1-n1ccnn1. The highest BCUT2D eigenvalue weighted by molar-refractivity contribution is 5.91. The van der Waals surface area contributed by atoms with E-state index in [-0.39, 0.29) is 29.4 Å². The van der Waals surface area contributed by atoms with Crippen molar-refractivity contribution in [3.8, 4) is 17.2 Å². The van der Waals surface area contributed by atoms with E-state index in [9.17, 15) is 22.8 Å². The topological polar surface area (TPSA) is 131 Å². The van der Waals surface area contributed by atoms with E-state index in [0.717, 1.165) is 12.1 Å². The molecule has 4 rings (SSSR count). The molecule has 0 saturated carbocycles. The molecule has 2 aromatic carbocycles. The molecule has 0 saturated heterocycles. The molecule has 36 heavy (non-hydrogen) atoms. The van der Waals surface area contributed by atoms with E-state index in [1.54, 1.807) is 24.3 Å². The van der Waals surface area contributed by atoms with E-state index in [1.165, 1.54) is 41.5 Å². The molecule has 0 unspecified atom stereocenters. The first-order chi connectivity index (χ1) is 17.2. The summed E-state index contributed by atoms with van der Waals surface area (Å²) in [6.07, 6.45) is -0.490. The number of carbonyl (C=O) groups is 2. The number of carbonyl (C=O) groups excluding carboxylic acids is 1. The van der Waals surface area contributed by atoms with Gasteiger partial charge in [-0.05, 0) is 42.0 Å². The van der Waals surface area contributed by atoms with Gasteiger partial charge in [0, 0.05) is 18.8 Å². The minimum Gasteiger partial charge on any atom is -0.477 e. The van der Waals surface area contributed by atoms with Crippen molar-refractivity contribution < 1.29 is 32.6 Å². The molecule has 2 aromatic heterocycles. The number of rotatable bonds is 7. The second kappa shape index (κ2) is 10.1. The fraction of sp³-hybridized carbons (Fsp3) is 0.0870. The second-order valence-corrected chi connectivity index (χ2v) is 7.31. The Balaban J connectivity index is 1.40. The van der Waals surface area contributed by atoms with E-state index in [0.29, 0.717) is 11.3 Å². The molecule has 2 amide bonds. The number of amides is 2. The molecule has 0 spiro atoms. The Morgan fingerprint density at radius 3 is 2.44 bits per heavy atom. The van der Waals surface area contributed by atoms with Gasteiger partial charge in [0.15, 0.2) is 5.69 Å². The smallest absolute Gasteiger partial charge is 0.416 e. The third-order valence-corrected chi connectivity index (χ3v) is 4.80. The van der Waals surface area contributed by atoms with E-state index in [1.807, 2.05) is 0 Å². The summed E-state index contributed by atoms with van der Waals surface area (Å²) < 4.78 is 46.4. The van der Waals surface area contributed by atoms with Crippen LogP contribution in [0, 0.1) is 0 Å². The number of hydrogen-bond acceptors (Lipinski definition) is 6. The van der Waals surface area contributed by atoms with Crippen LogP contribution in [-0.2, 0) is 12.7 Å². The van der Waals surface area contributed by atoms with Crippen LogP contribution in [0.15, 0.2) is 73.2 Å². The van der Waals surface area contributed by atoms with Gasteiger partial charge in [0.25, 0.3) is 0 Å². The monoisotopic (exact) mass is 498 g/mol. The first-order valence-electron chi connectivity index (χ1n) is 10.3. The Bertz CT molecular complexity index is 1380. The summed E-state index contributed by atoms with van der Waals surface area (Å²) in [4.78, 5) is 27.2. The summed E-state index contributed by atoms with van der Waals surface area (Å²) in [5.74, 6) is -0.470. The van der Waals surface area contributed by atoms with Gasteiger partial charge in [-0.15, -0.1) is 5.10 Å². The van der Waals surface area contributed by atoms with Crippen molar-refractivity contribution in [1.82, 2.24) is 25.3 Å². The third-order valence-electron chi connectivity index (χ3n) is 4.80. The van der Waals surface area contributed by atoms with Gasteiger partial charge < -0.3 is 20.5 Å². The number of benzene rings is 2. The molecular weight excluding hydrogens is 481 g/mol. The van der Waals surface area contributed by atoms with Crippen LogP contribution in [0.4, 0.5) is 23.7 Å². The van der Waals surface area contributed by atoms with E-state index < -0.39 is 23.7 Å². The number of aromatic carboxylic acids is 1. The van der Waals surface area contributed by atoms with Crippen molar-refractivity contribution in [1.29, 1.82) is 0 Å². The largest absolute Gasteiger partial charge is 0.477 e. The van der Waals surface area contributed by atoms with Gasteiger partial charge in [-0.2, -0.15) is 13.2 Å². The Hall–Kier alpha value is -4.94. The van der Waals surface area contributed by atoms with E-state index in [4.69, 9.17) is 9.84 Å². The Morgan fingerprint density at radius 2 is 1.78 bits per heavy atom. The van der Waals surface area contributed by atoms with Crippen molar-refractivity contribution in [2.45, 2.75) is 12.7 Å². The van der Waals surface area contributed by atoms with Gasteiger partial charge in [0.2, 0.25) is 0 Å². The van der Waals surface area contributed by atoms with Crippen LogP contribution in [0.3, 0.4) is 0 Å². The zero-order valence-electron chi connectivity index (χ0n) is 18.2. The summed E-state index contributed by atoms with van der Waals surface area (Å²) in [5, 5.41) is 21.4. The minimum absolute atomic E-state index is 0.0716. The van der Waals surface area contributed by atoms with Gasteiger partial charge in [-0.25, -0.2) is 19.3 Å². The Kier molecular flexibility index (Phi) is 6.81. The maximum Gasteiger partial charge on any atom is 0.416 e. The maximum atomic E-state index is 13.2. The lowest BCUT2D eigenvalue weighted by atomic mass is 10.1.